The van der Waals surface area contributed by atoms with Crippen molar-refractivity contribution in [2.75, 3.05) is 6.61 Å². The van der Waals surface area contributed by atoms with Crippen LogP contribution in [0, 0.1) is 11.8 Å². The summed E-state index contributed by atoms with van der Waals surface area (Å²) in [7, 11) is 0. The van der Waals surface area contributed by atoms with Crippen molar-refractivity contribution in [1.82, 2.24) is 5.32 Å². The summed E-state index contributed by atoms with van der Waals surface area (Å²) in [5.74, 6) is 5.89. The molecule has 0 bridgehead atoms. The molecule has 0 aliphatic heterocycles. The molecule has 0 saturated heterocycles. The predicted octanol–water partition coefficient (Wildman–Crippen LogP) is 2.32. The van der Waals surface area contributed by atoms with E-state index < -0.39 is 6.09 Å². The molecule has 2 aromatic carbocycles. The number of aliphatic hydroxyl groups is 1. The fourth-order valence-corrected chi connectivity index (χ4v) is 1.65. The molecular weight excluding hydrogens is 266 g/mol. The Morgan fingerprint density at radius 1 is 1.10 bits per heavy atom. The topological polar surface area (TPSA) is 58.6 Å². The number of carbonyl (C=O) groups excluding carboxylic acids is 1. The minimum atomic E-state index is -0.495. The molecule has 4 nitrogen and oxygen atoms in total. The Labute approximate surface area is 123 Å². The van der Waals surface area contributed by atoms with E-state index in [0.29, 0.717) is 12.3 Å². The number of hydrogen-bond donors (Lipinski definition) is 2. The maximum atomic E-state index is 11.6. The molecule has 0 atom stereocenters. The number of ether oxygens (including phenoxy) is 1. The summed E-state index contributed by atoms with van der Waals surface area (Å²) in [6.45, 7) is 0.216. The highest BCUT2D eigenvalue weighted by Crippen LogP contribution is 2.08. The first-order chi connectivity index (χ1) is 10.3. The van der Waals surface area contributed by atoms with Gasteiger partial charge < -0.3 is 15.2 Å². The molecule has 0 radical (unpaired) electrons. The molecule has 2 rings (SSSR count). The van der Waals surface area contributed by atoms with Crippen LogP contribution >= 0.6 is 0 Å². The first kappa shape index (κ1) is 14.6. The Morgan fingerprint density at radius 2 is 1.81 bits per heavy atom. The predicted molar refractivity (Wildman–Crippen MR) is 79.7 cm³/mol. The van der Waals surface area contributed by atoms with Crippen LogP contribution in [0.25, 0.3) is 0 Å². The Kier molecular flexibility index (Phi) is 5.39. The Hall–Kier alpha value is -2.77. The molecule has 2 N–H and O–H groups in total. The van der Waals surface area contributed by atoms with Crippen LogP contribution in [0.15, 0.2) is 54.6 Å². The van der Waals surface area contributed by atoms with Crippen LogP contribution in [-0.2, 0) is 6.54 Å². The van der Waals surface area contributed by atoms with Gasteiger partial charge in [-0.3, -0.25) is 0 Å². The van der Waals surface area contributed by atoms with Crippen molar-refractivity contribution in [3.8, 4) is 17.6 Å². The van der Waals surface area contributed by atoms with Crippen molar-refractivity contribution in [1.29, 1.82) is 0 Å². The van der Waals surface area contributed by atoms with Crippen LogP contribution in [0.2, 0.25) is 0 Å². The zero-order valence-electron chi connectivity index (χ0n) is 11.4. The molecule has 1 amide bonds. The van der Waals surface area contributed by atoms with E-state index in [2.05, 4.69) is 17.2 Å². The summed E-state index contributed by atoms with van der Waals surface area (Å²) in [6, 6.07) is 16.3. The third kappa shape index (κ3) is 5.01. The summed E-state index contributed by atoms with van der Waals surface area (Å²) in [6.07, 6.45) is -0.495. The highest BCUT2D eigenvalue weighted by Gasteiger charge is 2.03. The lowest BCUT2D eigenvalue weighted by Gasteiger charge is -2.06. The average Bonchev–Trinajstić information content (AvgIpc) is 2.53. The second-order valence-corrected chi connectivity index (χ2v) is 4.21. The molecule has 0 aliphatic rings. The Bertz CT molecular complexity index is 639. The molecule has 106 valence electrons. The molecule has 21 heavy (non-hydrogen) atoms. The van der Waals surface area contributed by atoms with Gasteiger partial charge in [-0.15, -0.1) is 0 Å². The van der Waals surface area contributed by atoms with Gasteiger partial charge in [0.1, 0.15) is 12.4 Å². The van der Waals surface area contributed by atoms with Crippen LogP contribution in [0.4, 0.5) is 4.79 Å². The first-order valence-corrected chi connectivity index (χ1v) is 6.47. The van der Waals surface area contributed by atoms with E-state index in [4.69, 9.17) is 9.84 Å². The Balaban J connectivity index is 1.84. The van der Waals surface area contributed by atoms with Gasteiger partial charge in [-0.25, -0.2) is 4.79 Å². The summed E-state index contributed by atoms with van der Waals surface area (Å²) in [5, 5.41) is 11.3. The number of para-hydroxylation sites is 1. The van der Waals surface area contributed by atoms with Crippen molar-refractivity contribution in [2.24, 2.45) is 0 Å². The molecule has 0 aliphatic carbocycles. The second-order valence-electron chi connectivity index (χ2n) is 4.21. The van der Waals surface area contributed by atoms with Gasteiger partial charge in [0.15, 0.2) is 0 Å². The van der Waals surface area contributed by atoms with Gasteiger partial charge in [0.2, 0.25) is 0 Å². The van der Waals surface area contributed by atoms with Crippen LogP contribution in [0.3, 0.4) is 0 Å². The number of carbonyl (C=O) groups is 1. The molecular formula is C17H15NO3. The van der Waals surface area contributed by atoms with Crippen molar-refractivity contribution in [3.05, 3.63) is 65.7 Å². The normalized spacial score (nSPS) is 9.38. The standard InChI is InChI=1S/C17H15NO3/c19-12-4-5-14-8-10-15(11-9-14)13-18-17(20)21-16-6-2-1-3-7-16/h1-3,6-11,19H,12-13H2,(H,18,20). The minimum absolute atomic E-state index is 0.158. The minimum Gasteiger partial charge on any atom is -0.410 e. The summed E-state index contributed by atoms with van der Waals surface area (Å²) >= 11 is 0. The van der Waals surface area contributed by atoms with Gasteiger partial charge in [0.05, 0.1) is 0 Å². The van der Waals surface area contributed by atoms with Gasteiger partial charge in [-0.05, 0) is 29.8 Å². The number of aliphatic hydroxyl groups excluding tert-OH is 1. The van der Waals surface area contributed by atoms with Crippen LogP contribution in [-0.4, -0.2) is 17.8 Å². The highest BCUT2D eigenvalue weighted by molar-refractivity contribution is 5.70. The van der Waals surface area contributed by atoms with E-state index in [1.165, 1.54) is 0 Å². The SMILES string of the molecule is O=C(NCc1ccc(C#CCO)cc1)Oc1ccccc1. The fraction of sp³-hybridized carbons (Fsp3) is 0.118. The van der Waals surface area contributed by atoms with Crippen LogP contribution in [0.1, 0.15) is 11.1 Å². The maximum Gasteiger partial charge on any atom is 0.412 e. The van der Waals surface area contributed by atoms with Crippen molar-refractivity contribution < 1.29 is 14.6 Å². The van der Waals surface area contributed by atoms with Gasteiger partial charge >= 0.3 is 6.09 Å². The maximum absolute atomic E-state index is 11.6. The largest absolute Gasteiger partial charge is 0.412 e. The van der Waals surface area contributed by atoms with Crippen molar-refractivity contribution in [3.63, 3.8) is 0 Å². The van der Waals surface area contributed by atoms with E-state index in [-0.39, 0.29) is 6.61 Å². The summed E-state index contributed by atoms with van der Waals surface area (Å²) in [4.78, 5) is 11.6. The lowest BCUT2D eigenvalue weighted by Crippen LogP contribution is -2.26. The van der Waals surface area contributed by atoms with Gasteiger partial charge in [-0.1, -0.05) is 42.2 Å². The first-order valence-electron chi connectivity index (χ1n) is 6.47. The van der Waals surface area contributed by atoms with E-state index >= 15 is 0 Å². The van der Waals surface area contributed by atoms with E-state index in [0.717, 1.165) is 11.1 Å². The van der Waals surface area contributed by atoms with Gasteiger partial charge in [-0.2, -0.15) is 0 Å². The molecule has 4 heteroatoms. The third-order valence-electron chi connectivity index (χ3n) is 2.66. The number of hydrogen-bond acceptors (Lipinski definition) is 3. The van der Waals surface area contributed by atoms with Gasteiger partial charge in [0.25, 0.3) is 0 Å². The van der Waals surface area contributed by atoms with Crippen LogP contribution < -0.4 is 10.1 Å². The third-order valence-corrected chi connectivity index (χ3v) is 2.66. The molecule has 2 aromatic rings. The number of benzene rings is 2. The van der Waals surface area contributed by atoms with Crippen molar-refractivity contribution in [2.45, 2.75) is 6.54 Å². The molecule has 0 fully saturated rings. The smallest absolute Gasteiger partial charge is 0.410 e. The van der Waals surface area contributed by atoms with E-state index in [1.807, 2.05) is 30.3 Å². The molecule has 0 unspecified atom stereocenters. The summed E-state index contributed by atoms with van der Waals surface area (Å²) in [5.41, 5.74) is 1.76. The monoisotopic (exact) mass is 281 g/mol. The van der Waals surface area contributed by atoms with Gasteiger partial charge in [0, 0.05) is 12.1 Å². The fourth-order valence-electron chi connectivity index (χ4n) is 1.65. The van der Waals surface area contributed by atoms with E-state index in [1.54, 1.807) is 24.3 Å². The summed E-state index contributed by atoms with van der Waals surface area (Å²) < 4.78 is 5.11. The second kappa shape index (κ2) is 7.73. The number of nitrogens with one attached hydrogen (secondary N) is 1. The number of amides is 1. The average molecular weight is 281 g/mol. The number of rotatable bonds is 3. The van der Waals surface area contributed by atoms with E-state index in [9.17, 15) is 4.79 Å². The lowest BCUT2D eigenvalue weighted by molar-refractivity contribution is 0.200. The molecule has 0 heterocycles. The van der Waals surface area contributed by atoms with Crippen molar-refractivity contribution >= 4 is 6.09 Å². The molecule has 0 saturated carbocycles. The highest BCUT2D eigenvalue weighted by atomic mass is 16.6. The molecule has 0 aromatic heterocycles. The van der Waals surface area contributed by atoms with Crippen LogP contribution in [0.5, 0.6) is 5.75 Å². The Morgan fingerprint density at radius 3 is 2.48 bits per heavy atom. The molecule has 0 spiro atoms. The zero-order valence-corrected chi connectivity index (χ0v) is 11.4. The zero-order chi connectivity index (χ0) is 14.9. The lowest BCUT2D eigenvalue weighted by atomic mass is 10.1. The quantitative estimate of drug-likeness (QED) is 0.849.